The second kappa shape index (κ2) is 8.07. The summed E-state index contributed by atoms with van der Waals surface area (Å²) >= 11 is 0. The minimum atomic E-state index is -0.497. The van der Waals surface area contributed by atoms with E-state index >= 15 is 0 Å². The Morgan fingerprint density at radius 3 is 2.48 bits per heavy atom. The number of hydrogen-bond acceptors (Lipinski definition) is 6. The third-order valence-electron chi connectivity index (χ3n) is 4.53. The van der Waals surface area contributed by atoms with Crippen LogP contribution in [0, 0.1) is 0 Å². The third kappa shape index (κ3) is 4.36. The molecule has 1 aliphatic heterocycles. The van der Waals surface area contributed by atoms with Crippen molar-refractivity contribution in [3.05, 3.63) is 59.9 Å². The molecule has 7 heteroatoms. The van der Waals surface area contributed by atoms with E-state index < -0.39 is 11.6 Å². The van der Waals surface area contributed by atoms with Gasteiger partial charge in [0.2, 0.25) is 0 Å². The van der Waals surface area contributed by atoms with E-state index in [-0.39, 0.29) is 18.4 Å². The maximum Gasteiger partial charge on any atom is 0.410 e. The van der Waals surface area contributed by atoms with Crippen LogP contribution < -0.4 is 4.74 Å². The van der Waals surface area contributed by atoms with E-state index in [1.165, 1.54) is 13.3 Å². The van der Waals surface area contributed by atoms with Gasteiger partial charge in [0.1, 0.15) is 23.7 Å². The summed E-state index contributed by atoms with van der Waals surface area (Å²) in [4.78, 5) is 29.3. The summed E-state index contributed by atoms with van der Waals surface area (Å²) in [6.45, 7) is 3.13. The first-order chi connectivity index (χ1) is 13.0. The van der Waals surface area contributed by atoms with Gasteiger partial charge >= 0.3 is 12.1 Å². The van der Waals surface area contributed by atoms with Crippen LogP contribution in [0.1, 0.15) is 29.4 Å². The zero-order valence-corrected chi connectivity index (χ0v) is 15.4. The number of likely N-dealkylation sites (tertiary alicyclic amines) is 1. The van der Waals surface area contributed by atoms with Crippen molar-refractivity contribution < 1.29 is 23.8 Å². The maximum absolute atomic E-state index is 12.2. The van der Waals surface area contributed by atoms with E-state index in [0.29, 0.717) is 18.8 Å². The molecule has 2 aromatic rings. The van der Waals surface area contributed by atoms with Crippen LogP contribution in [0.4, 0.5) is 4.79 Å². The number of hydrogen-bond donors (Lipinski definition) is 0. The largest absolute Gasteiger partial charge is 0.482 e. The second-order valence-corrected chi connectivity index (χ2v) is 6.41. The first-order valence-corrected chi connectivity index (χ1v) is 8.74. The molecule has 0 radical (unpaired) electrons. The monoisotopic (exact) mass is 370 g/mol. The highest BCUT2D eigenvalue weighted by molar-refractivity contribution is 5.87. The highest BCUT2D eigenvalue weighted by Gasteiger charge is 2.47. The molecule has 1 saturated heterocycles. The summed E-state index contributed by atoms with van der Waals surface area (Å²) in [5, 5.41) is 0. The number of aromatic nitrogens is 1. The summed E-state index contributed by atoms with van der Waals surface area (Å²) in [7, 11) is 1.31. The normalized spacial score (nSPS) is 14.8. The molecule has 1 aromatic heterocycles. The number of carbonyl (C=O) groups is 2. The molecule has 0 spiro atoms. The van der Waals surface area contributed by atoms with Crippen molar-refractivity contribution in [2.24, 2.45) is 0 Å². The first-order valence-electron chi connectivity index (χ1n) is 8.74. The second-order valence-electron chi connectivity index (χ2n) is 6.41. The Bertz CT molecular complexity index is 786. The highest BCUT2D eigenvalue weighted by atomic mass is 16.6. The van der Waals surface area contributed by atoms with Crippen LogP contribution >= 0.6 is 0 Å². The van der Waals surface area contributed by atoms with Gasteiger partial charge in [-0.3, -0.25) is 0 Å². The summed E-state index contributed by atoms with van der Waals surface area (Å²) in [6.07, 6.45) is 1.86. The number of methoxy groups -OCH3 is 1. The molecular formula is C20H22N2O5. The molecule has 27 heavy (non-hydrogen) atoms. The Hall–Kier alpha value is -3.09. The van der Waals surface area contributed by atoms with Gasteiger partial charge < -0.3 is 19.1 Å². The van der Waals surface area contributed by atoms with Crippen LogP contribution in [0.15, 0.2) is 48.7 Å². The van der Waals surface area contributed by atoms with Crippen molar-refractivity contribution in [1.29, 1.82) is 0 Å². The standard InChI is InChI=1S/C20H22N2O5/c1-3-20(27-16-9-10-17(21-11-16)18(23)25-2)13-22(14-20)19(24)26-12-15-7-5-4-6-8-15/h4-11H,3,12-14H2,1-2H3. The van der Waals surface area contributed by atoms with E-state index in [9.17, 15) is 9.59 Å². The van der Waals surface area contributed by atoms with E-state index in [2.05, 4.69) is 9.72 Å². The van der Waals surface area contributed by atoms with E-state index in [1.54, 1.807) is 17.0 Å². The smallest absolute Gasteiger partial charge is 0.410 e. The van der Waals surface area contributed by atoms with Crippen molar-refractivity contribution in [3.8, 4) is 5.75 Å². The minimum absolute atomic E-state index is 0.218. The van der Waals surface area contributed by atoms with Gasteiger partial charge in [-0.25, -0.2) is 14.6 Å². The molecule has 142 valence electrons. The molecule has 0 N–H and O–H groups in total. The number of amides is 1. The van der Waals surface area contributed by atoms with Gasteiger partial charge in [0.25, 0.3) is 0 Å². The lowest BCUT2D eigenvalue weighted by Gasteiger charge is -2.48. The van der Waals surface area contributed by atoms with Gasteiger partial charge in [0, 0.05) is 0 Å². The van der Waals surface area contributed by atoms with Gasteiger partial charge in [-0.05, 0) is 24.1 Å². The van der Waals surface area contributed by atoms with Gasteiger partial charge in [0.15, 0.2) is 0 Å². The lowest BCUT2D eigenvalue weighted by molar-refractivity contribution is -0.0727. The average molecular weight is 370 g/mol. The van der Waals surface area contributed by atoms with Gasteiger partial charge in [-0.15, -0.1) is 0 Å². The Kier molecular flexibility index (Phi) is 5.59. The summed E-state index contributed by atoms with van der Waals surface area (Å²) in [5.74, 6) is 0.0459. The van der Waals surface area contributed by atoms with Crippen LogP contribution in [0.25, 0.3) is 0 Å². The first kappa shape index (κ1) is 18.7. The molecule has 0 unspecified atom stereocenters. The fraction of sp³-hybridized carbons (Fsp3) is 0.350. The molecule has 3 rings (SSSR count). The summed E-state index contributed by atoms with van der Waals surface area (Å²) in [6, 6.07) is 12.8. The molecule has 1 amide bonds. The zero-order valence-electron chi connectivity index (χ0n) is 15.4. The van der Waals surface area contributed by atoms with E-state index in [0.717, 1.165) is 12.0 Å². The lowest BCUT2D eigenvalue weighted by atomic mass is 9.91. The van der Waals surface area contributed by atoms with Crippen molar-refractivity contribution in [2.45, 2.75) is 25.6 Å². The van der Waals surface area contributed by atoms with Crippen LogP contribution in [-0.2, 0) is 16.1 Å². The molecule has 0 atom stereocenters. The van der Waals surface area contributed by atoms with Crippen LogP contribution in [-0.4, -0.2) is 47.7 Å². The van der Waals surface area contributed by atoms with E-state index in [4.69, 9.17) is 9.47 Å². The third-order valence-corrected chi connectivity index (χ3v) is 4.53. The SMILES string of the molecule is CCC1(Oc2ccc(C(=O)OC)nc2)CN(C(=O)OCc2ccccc2)C1. The molecular weight excluding hydrogens is 348 g/mol. The van der Waals surface area contributed by atoms with Crippen LogP contribution in [0.3, 0.4) is 0 Å². The number of benzene rings is 1. The van der Waals surface area contributed by atoms with Crippen LogP contribution in [0.5, 0.6) is 5.75 Å². The Morgan fingerprint density at radius 2 is 1.89 bits per heavy atom. The average Bonchev–Trinajstić information content (AvgIpc) is 2.69. The molecule has 1 aromatic carbocycles. The molecule has 0 bridgehead atoms. The van der Waals surface area contributed by atoms with Gasteiger partial charge in [0.05, 0.1) is 26.4 Å². The predicted octanol–water partition coefficient (Wildman–Crippen LogP) is 3.05. The molecule has 1 fully saturated rings. The van der Waals surface area contributed by atoms with Crippen molar-refractivity contribution in [3.63, 3.8) is 0 Å². The van der Waals surface area contributed by atoms with Crippen molar-refractivity contribution >= 4 is 12.1 Å². The van der Waals surface area contributed by atoms with Crippen molar-refractivity contribution in [2.75, 3.05) is 20.2 Å². The van der Waals surface area contributed by atoms with E-state index in [1.807, 2.05) is 37.3 Å². The molecule has 1 aliphatic rings. The Labute approximate surface area is 157 Å². The molecule has 0 aliphatic carbocycles. The summed E-state index contributed by atoms with van der Waals surface area (Å²) in [5.41, 5.74) is 0.691. The van der Waals surface area contributed by atoms with Crippen molar-refractivity contribution in [1.82, 2.24) is 9.88 Å². The zero-order chi connectivity index (χ0) is 19.3. The minimum Gasteiger partial charge on any atom is -0.482 e. The van der Waals surface area contributed by atoms with Crippen LogP contribution in [0.2, 0.25) is 0 Å². The molecule has 0 saturated carbocycles. The van der Waals surface area contributed by atoms with Gasteiger partial charge in [-0.2, -0.15) is 0 Å². The molecule has 7 nitrogen and oxygen atoms in total. The topological polar surface area (TPSA) is 78.0 Å². The highest BCUT2D eigenvalue weighted by Crippen LogP contribution is 2.31. The lowest BCUT2D eigenvalue weighted by Crippen LogP contribution is -2.66. The maximum atomic E-state index is 12.2. The van der Waals surface area contributed by atoms with Gasteiger partial charge in [-0.1, -0.05) is 37.3 Å². The number of nitrogens with zero attached hydrogens (tertiary/aromatic N) is 2. The fourth-order valence-corrected chi connectivity index (χ4v) is 2.87. The predicted molar refractivity (Wildman–Crippen MR) is 97.4 cm³/mol. The number of ether oxygens (including phenoxy) is 3. The number of esters is 1. The quantitative estimate of drug-likeness (QED) is 0.728. The molecule has 2 heterocycles. The Morgan fingerprint density at radius 1 is 1.15 bits per heavy atom. The number of pyridine rings is 1. The summed E-state index contributed by atoms with van der Waals surface area (Å²) < 4.78 is 16.0. The Balaban J connectivity index is 1.52. The number of carbonyl (C=O) groups excluding carboxylic acids is 2. The fourth-order valence-electron chi connectivity index (χ4n) is 2.87. The number of rotatable bonds is 6.